The van der Waals surface area contributed by atoms with E-state index in [4.69, 9.17) is 9.66 Å². The van der Waals surface area contributed by atoms with Crippen LogP contribution in [0.2, 0.25) is 0 Å². The molecule has 1 fully saturated rings. The van der Waals surface area contributed by atoms with Crippen LogP contribution in [-0.2, 0) is 10.0 Å². The Hall–Kier alpha value is -2.51. The minimum Gasteiger partial charge on any atom is -0.339 e. The van der Waals surface area contributed by atoms with Crippen molar-refractivity contribution in [2.24, 2.45) is 10.6 Å². The van der Waals surface area contributed by atoms with Crippen LogP contribution in [0.3, 0.4) is 0 Å². The lowest BCUT2D eigenvalue weighted by atomic mass is 9.99. The summed E-state index contributed by atoms with van der Waals surface area (Å²) in [5, 5.41) is 9.36. The highest BCUT2D eigenvalue weighted by Crippen LogP contribution is 2.70. The Labute approximate surface area is 158 Å². The molecule has 2 N–H and O–H groups in total. The molecule has 1 saturated carbocycles. The number of nitrogens with zero attached hydrogens (tertiary/aromatic N) is 2. The SMILES string of the molecule is Cc1cc(S(N)(=O)=O)ccc1C1C(c2nc(-c3ccccc3)no2)C1(C)C. The van der Waals surface area contributed by atoms with Crippen LogP contribution in [0.4, 0.5) is 0 Å². The van der Waals surface area contributed by atoms with Crippen LogP contribution in [0.5, 0.6) is 0 Å². The van der Waals surface area contributed by atoms with E-state index in [-0.39, 0.29) is 22.1 Å². The molecule has 3 aromatic rings. The van der Waals surface area contributed by atoms with E-state index in [1.54, 1.807) is 12.1 Å². The zero-order chi connectivity index (χ0) is 19.4. The minimum atomic E-state index is -3.71. The van der Waals surface area contributed by atoms with Crippen molar-refractivity contribution in [1.82, 2.24) is 10.1 Å². The number of aryl methyl sites for hydroxylation is 1. The first-order valence-corrected chi connectivity index (χ1v) is 10.3. The summed E-state index contributed by atoms with van der Waals surface area (Å²) in [4.78, 5) is 4.73. The summed E-state index contributed by atoms with van der Waals surface area (Å²) in [7, 11) is -3.71. The van der Waals surface area contributed by atoms with Crippen molar-refractivity contribution < 1.29 is 12.9 Å². The smallest absolute Gasteiger partial charge is 0.238 e. The number of benzene rings is 2. The fourth-order valence-electron chi connectivity index (χ4n) is 3.92. The van der Waals surface area contributed by atoms with E-state index in [1.807, 2.05) is 43.3 Å². The van der Waals surface area contributed by atoms with Gasteiger partial charge in [0.05, 0.1) is 10.8 Å². The number of hydrogen-bond acceptors (Lipinski definition) is 5. The van der Waals surface area contributed by atoms with Crippen LogP contribution in [-0.4, -0.2) is 18.6 Å². The highest BCUT2D eigenvalue weighted by atomic mass is 32.2. The molecule has 1 heterocycles. The van der Waals surface area contributed by atoms with Crippen molar-refractivity contribution >= 4 is 10.0 Å². The molecule has 1 aromatic heterocycles. The molecule has 0 amide bonds. The van der Waals surface area contributed by atoms with Crippen LogP contribution in [0.1, 0.15) is 42.7 Å². The van der Waals surface area contributed by atoms with Crippen molar-refractivity contribution in [3.8, 4) is 11.4 Å². The van der Waals surface area contributed by atoms with Crippen LogP contribution in [0, 0.1) is 12.3 Å². The van der Waals surface area contributed by atoms with Gasteiger partial charge in [0.1, 0.15) is 0 Å². The van der Waals surface area contributed by atoms with Gasteiger partial charge in [0, 0.05) is 11.5 Å². The summed E-state index contributed by atoms with van der Waals surface area (Å²) < 4.78 is 28.7. The Bertz CT molecular complexity index is 1100. The molecule has 2 atom stereocenters. The van der Waals surface area contributed by atoms with Crippen LogP contribution in [0.25, 0.3) is 11.4 Å². The van der Waals surface area contributed by atoms with Gasteiger partial charge in [0.2, 0.25) is 21.7 Å². The summed E-state index contributed by atoms with van der Waals surface area (Å²) in [5.74, 6) is 1.45. The van der Waals surface area contributed by atoms with Gasteiger partial charge in [-0.2, -0.15) is 4.98 Å². The molecule has 27 heavy (non-hydrogen) atoms. The highest BCUT2D eigenvalue weighted by molar-refractivity contribution is 7.89. The van der Waals surface area contributed by atoms with E-state index in [2.05, 4.69) is 24.0 Å². The topological polar surface area (TPSA) is 99.1 Å². The average Bonchev–Trinajstić information content (AvgIpc) is 2.95. The van der Waals surface area contributed by atoms with E-state index >= 15 is 0 Å². The van der Waals surface area contributed by atoms with Gasteiger partial charge in [-0.1, -0.05) is 55.4 Å². The third kappa shape index (κ3) is 3.07. The first kappa shape index (κ1) is 17.9. The lowest BCUT2D eigenvalue weighted by molar-refractivity contribution is 0.368. The quantitative estimate of drug-likeness (QED) is 0.742. The van der Waals surface area contributed by atoms with Gasteiger partial charge in [-0.15, -0.1) is 0 Å². The molecule has 1 aliphatic carbocycles. The maximum absolute atomic E-state index is 11.6. The van der Waals surface area contributed by atoms with E-state index in [0.29, 0.717) is 11.7 Å². The van der Waals surface area contributed by atoms with Crippen LogP contribution >= 0.6 is 0 Å². The first-order valence-electron chi connectivity index (χ1n) is 8.72. The molecule has 2 aromatic carbocycles. The van der Waals surface area contributed by atoms with Crippen molar-refractivity contribution in [2.75, 3.05) is 0 Å². The molecular weight excluding hydrogens is 362 g/mol. The number of primary sulfonamides is 1. The molecule has 140 valence electrons. The van der Waals surface area contributed by atoms with E-state index in [9.17, 15) is 8.42 Å². The Balaban J connectivity index is 1.66. The number of nitrogens with two attached hydrogens (primary N) is 1. The highest BCUT2D eigenvalue weighted by Gasteiger charge is 2.62. The fraction of sp³-hybridized carbons (Fsp3) is 0.300. The fourth-order valence-corrected chi connectivity index (χ4v) is 4.52. The van der Waals surface area contributed by atoms with Crippen molar-refractivity contribution in [3.63, 3.8) is 0 Å². The molecule has 0 saturated heterocycles. The Morgan fingerprint density at radius 3 is 2.41 bits per heavy atom. The summed E-state index contributed by atoms with van der Waals surface area (Å²) in [6.45, 7) is 6.21. The Morgan fingerprint density at radius 2 is 1.78 bits per heavy atom. The normalized spacial score (nSPS) is 21.2. The van der Waals surface area contributed by atoms with E-state index in [0.717, 1.165) is 16.7 Å². The number of hydrogen-bond donors (Lipinski definition) is 1. The minimum absolute atomic E-state index is 0.0612. The van der Waals surface area contributed by atoms with E-state index in [1.165, 1.54) is 0 Å². The molecule has 0 spiro atoms. The Kier molecular flexibility index (Phi) is 3.98. The van der Waals surface area contributed by atoms with Crippen molar-refractivity contribution in [1.29, 1.82) is 0 Å². The van der Waals surface area contributed by atoms with Gasteiger partial charge in [-0.05, 0) is 35.6 Å². The maximum atomic E-state index is 11.6. The molecule has 0 aliphatic heterocycles. The summed E-state index contributed by atoms with van der Waals surface area (Å²) in [6, 6.07) is 14.7. The predicted octanol–water partition coefficient (Wildman–Crippen LogP) is 3.60. The molecule has 2 unspecified atom stereocenters. The summed E-state index contributed by atoms with van der Waals surface area (Å²) >= 11 is 0. The molecule has 6 nitrogen and oxygen atoms in total. The standard InChI is InChI=1S/C20H21N3O3S/c1-12-11-14(27(21,24)25)9-10-15(12)16-17(20(16,2)3)19-22-18(23-26-19)13-7-5-4-6-8-13/h4-11,16-17H,1-3H3,(H2,21,24,25). The van der Waals surface area contributed by atoms with Crippen LogP contribution in [0.15, 0.2) is 57.9 Å². The third-order valence-electron chi connectivity index (χ3n) is 5.47. The molecule has 4 rings (SSSR count). The van der Waals surface area contributed by atoms with Gasteiger partial charge in [0.15, 0.2) is 0 Å². The average molecular weight is 383 g/mol. The molecular formula is C20H21N3O3S. The second kappa shape index (κ2) is 6.00. The van der Waals surface area contributed by atoms with Gasteiger partial charge >= 0.3 is 0 Å². The first-order chi connectivity index (χ1) is 12.7. The second-order valence-corrected chi connectivity index (χ2v) is 9.22. The third-order valence-corrected chi connectivity index (χ3v) is 6.38. The lowest BCUT2D eigenvalue weighted by Crippen LogP contribution is -2.12. The number of rotatable bonds is 4. The summed E-state index contributed by atoms with van der Waals surface area (Å²) in [5.41, 5.74) is 2.83. The monoisotopic (exact) mass is 383 g/mol. The zero-order valence-corrected chi connectivity index (χ0v) is 16.2. The largest absolute Gasteiger partial charge is 0.339 e. The second-order valence-electron chi connectivity index (χ2n) is 7.66. The lowest BCUT2D eigenvalue weighted by Gasteiger charge is -2.08. The van der Waals surface area contributed by atoms with Gasteiger partial charge in [0.25, 0.3) is 0 Å². The van der Waals surface area contributed by atoms with Gasteiger partial charge in [-0.25, -0.2) is 13.6 Å². The van der Waals surface area contributed by atoms with Gasteiger partial charge in [-0.3, -0.25) is 0 Å². The number of sulfonamides is 1. The number of aromatic nitrogens is 2. The molecule has 7 heteroatoms. The van der Waals surface area contributed by atoms with Crippen molar-refractivity contribution in [2.45, 2.75) is 37.5 Å². The van der Waals surface area contributed by atoms with Gasteiger partial charge < -0.3 is 4.52 Å². The maximum Gasteiger partial charge on any atom is 0.238 e. The predicted molar refractivity (Wildman–Crippen MR) is 102 cm³/mol. The van der Waals surface area contributed by atoms with Crippen molar-refractivity contribution in [3.05, 3.63) is 65.5 Å². The zero-order valence-electron chi connectivity index (χ0n) is 15.4. The van der Waals surface area contributed by atoms with E-state index < -0.39 is 10.0 Å². The Morgan fingerprint density at radius 1 is 1.07 bits per heavy atom. The van der Waals surface area contributed by atoms with Crippen LogP contribution < -0.4 is 5.14 Å². The molecule has 0 radical (unpaired) electrons. The summed E-state index contributed by atoms with van der Waals surface area (Å²) in [6.07, 6.45) is 0. The molecule has 0 bridgehead atoms. The molecule has 1 aliphatic rings.